The molecule has 0 aliphatic heterocycles. The van der Waals surface area contributed by atoms with Crippen molar-refractivity contribution in [1.82, 2.24) is 9.13 Å². The van der Waals surface area contributed by atoms with Gasteiger partial charge in [-0.2, -0.15) is 0 Å². The highest BCUT2D eigenvalue weighted by Crippen LogP contribution is 2.44. The van der Waals surface area contributed by atoms with Gasteiger partial charge in [0, 0.05) is 49.1 Å². The summed E-state index contributed by atoms with van der Waals surface area (Å²) in [5, 5.41) is 12.5. The predicted molar refractivity (Wildman–Crippen MR) is 271 cm³/mol. The highest BCUT2D eigenvalue weighted by Gasteiger charge is 2.41. The Morgan fingerprint density at radius 1 is 0.312 bits per heavy atom. The third-order valence-corrected chi connectivity index (χ3v) is 18.2. The number of benzene rings is 10. The Hall–Kier alpha value is -8.18. The van der Waals surface area contributed by atoms with E-state index in [-0.39, 0.29) is 0 Å². The van der Waals surface area contributed by atoms with Crippen LogP contribution < -0.4 is 20.7 Å². The Balaban J connectivity index is 1.13. The van der Waals surface area contributed by atoms with Crippen LogP contribution in [0.4, 0.5) is 0 Å². The largest absolute Gasteiger partial charge is 0.455 e. The lowest BCUT2D eigenvalue weighted by Gasteiger charge is -2.34. The molecule has 0 fully saturated rings. The molecule has 3 aromatic heterocycles. The van der Waals surface area contributed by atoms with Gasteiger partial charge in [-0.3, -0.25) is 0 Å². The van der Waals surface area contributed by atoms with E-state index < -0.39 is 8.07 Å². The minimum Gasteiger partial charge on any atom is -0.455 e. The van der Waals surface area contributed by atoms with Gasteiger partial charge in [0.1, 0.15) is 11.2 Å². The Kier molecular flexibility index (Phi) is 8.23. The Bertz CT molecular complexity index is 3800. The smallest absolute Gasteiger partial charge is 0.179 e. The summed E-state index contributed by atoms with van der Waals surface area (Å²) in [5.74, 6) is 0. The summed E-state index contributed by atoms with van der Waals surface area (Å²) in [6.07, 6.45) is 0. The molecular formula is C60H40N2OSi. The molecule has 0 N–H and O–H groups in total. The molecule has 0 saturated carbocycles. The molecule has 0 aliphatic rings. The van der Waals surface area contributed by atoms with Gasteiger partial charge >= 0.3 is 0 Å². The normalized spacial score (nSPS) is 12.1. The molecule has 4 heteroatoms. The monoisotopic (exact) mass is 832 g/mol. The number of furan rings is 1. The van der Waals surface area contributed by atoms with Gasteiger partial charge in [-0.15, -0.1) is 0 Å². The van der Waals surface area contributed by atoms with Gasteiger partial charge in [0.05, 0.1) is 27.8 Å². The first-order valence-electron chi connectivity index (χ1n) is 22.0. The molecule has 0 bridgehead atoms. The summed E-state index contributed by atoms with van der Waals surface area (Å²) in [6.45, 7) is 0. The van der Waals surface area contributed by atoms with Crippen molar-refractivity contribution in [3.05, 3.63) is 243 Å². The van der Waals surface area contributed by atoms with E-state index >= 15 is 0 Å². The van der Waals surface area contributed by atoms with Crippen LogP contribution in [0.3, 0.4) is 0 Å². The number of fused-ring (bicyclic) bond motifs is 9. The van der Waals surface area contributed by atoms with Crippen molar-refractivity contribution in [1.29, 1.82) is 0 Å². The lowest BCUT2D eigenvalue weighted by atomic mass is 9.99. The summed E-state index contributed by atoms with van der Waals surface area (Å²) in [6, 6.07) is 89.2. The van der Waals surface area contributed by atoms with Crippen molar-refractivity contribution < 1.29 is 4.42 Å². The third kappa shape index (κ3) is 5.27. The average Bonchev–Trinajstić information content (AvgIpc) is 4.04. The first-order valence-corrected chi connectivity index (χ1v) is 24.0. The molecular weight excluding hydrogens is 793 g/mol. The van der Waals surface area contributed by atoms with Crippen molar-refractivity contribution in [2.75, 3.05) is 0 Å². The Morgan fingerprint density at radius 3 is 1.44 bits per heavy atom. The predicted octanol–water partition coefficient (Wildman–Crippen LogP) is 12.8. The van der Waals surface area contributed by atoms with Crippen LogP contribution in [0.5, 0.6) is 0 Å². The van der Waals surface area contributed by atoms with E-state index in [0.717, 1.165) is 61.0 Å². The zero-order valence-electron chi connectivity index (χ0n) is 34.9. The van der Waals surface area contributed by atoms with Crippen LogP contribution in [-0.4, -0.2) is 17.2 Å². The fraction of sp³-hybridized carbons (Fsp3) is 0. The summed E-state index contributed by atoms with van der Waals surface area (Å²) in [7, 11) is -2.83. The van der Waals surface area contributed by atoms with Crippen LogP contribution in [0, 0.1) is 0 Å². The first kappa shape index (κ1) is 36.5. The molecule has 0 saturated heterocycles. The zero-order valence-corrected chi connectivity index (χ0v) is 35.9. The fourth-order valence-electron chi connectivity index (χ4n) is 10.8. The molecule has 3 nitrogen and oxygen atoms in total. The molecule has 13 rings (SSSR count). The molecule has 10 aromatic carbocycles. The maximum atomic E-state index is 6.72. The molecule has 0 radical (unpaired) electrons. The minimum absolute atomic E-state index is 0.896. The second-order valence-electron chi connectivity index (χ2n) is 16.8. The second kappa shape index (κ2) is 14.5. The molecule has 0 amide bonds. The number of nitrogens with zero attached hydrogens (tertiary/aromatic N) is 2. The van der Waals surface area contributed by atoms with Crippen molar-refractivity contribution >= 4 is 94.4 Å². The molecule has 13 aromatic rings. The van der Waals surface area contributed by atoms with Crippen molar-refractivity contribution in [2.24, 2.45) is 0 Å². The van der Waals surface area contributed by atoms with Gasteiger partial charge in [0.15, 0.2) is 8.07 Å². The third-order valence-electron chi connectivity index (χ3n) is 13.5. The van der Waals surface area contributed by atoms with Crippen molar-refractivity contribution in [3.63, 3.8) is 0 Å². The Morgan fingerprint density at radius 2 is 0.781 bits per heavy atom. The summed E-state index contributed by atoms with van der Waals surface area (Å²) < 4.78 is 11.8. The maximum absolute atomic E-state index is 6.72. The Labute approximate surface area is 371 Å². The fourth-order valence-corrected chi connectivity index (χ4v) is 15.6. The van der Waals surface area contributed by atoms with Crippen molar-refractivity contribution in [2.45, 2.75) is 0 Å². The van der Waals surface area contributed by atoms with Gasteiger partial charge in [-0.1, -0.05) is 206 Å². The van der Waals surface area contributed by atoms with E-state index in [1.165, 1.54) is 47.8 Å². The summed E-state index contributed by atoms with van der Waals surface area (Å²) in [4.78, 5) is 0. The summed E-state index contributed by atoms with van der Waals surface area (Å²) >= 11 is 0. The molecule has 300 valence electrons. The van der Waals surface area contributed by atoms with Crippen molar-refractivity contribution in [3.8, 4) is 22.5 Å². The topological polar surface area (TPSA) is 23.0 Å². The van der Waals surface area contributed by atoms with Gasteiger partial charge in [0.25, 0.3) is 0 Å². The van der Waals surface area contributed by atoms with Crippen LogP contribution in [0.25, 0.3) is 88.1 Å². The number of hydrogen-bond acceptors (Lipinski definition) is 1. The van der Waals surface area contributed by atoms with Crippen LogP contribution in [0.2, 0.25) is 0 Å². The maximum Gasteiger partial charge on any atom is 0.179 e. The van der Waals surface area contributed by atoms with Crippen LogP contribution in [0.15, 0.2) is 247 Å². The van der Waals surface area contributed by atoms with E-state index in [1.807, 2.05) is 6.07 Å². The number of aromatic nitrogens is 2. The first-order chi connectivity index (χ1) is 31.8. The zero-order chi connectivity index (χ0) is 42.2. The SMILES string of the molecule is c1ccc([Si](c2ccccc2)(c2ccccc2)c2cccc(-n3c4ccccc4c4cccc(-n5c6ccccc6c6cccc(-c7cccc8c7oc7ccccc78)c65)c43)c2)cc1. The highest BCUT2D eigenvalue weighted by atomic mass is 28.3. The van der Waals surface area contributed by atoms with Crippen LogP contribution >= 0.6 is 0 Å². The van der Waals surface area contributed by atoms with Crippen LogP contribution in [-0.2, 0) is 0 Å². The van der Waals surface area contributed by atoms with E-state index in [4.69, 9.17) is 4.42 Å². The summed E-state index contributed by atoms with van der Waals surface area (Å²) in [5.41, 5.74) is 10.9. The number of hydrogen-bond donors (Lipinski definition) is 0. The molecule has 0 spiro atoms. The molecule has 0 atom stereocenters. The number of para-hydroxylation sites is 6. The number of rotatable bonds is 7. The second-order valence-corrected chi connectivity index (χ2v) is 20.6. The standard InChI is InChI=1S/C60H40N2OSi/c1-4-21-42(22-5-1)64(43-23-6-2-7-24-43,44-25-8-3-9-26-44)45-27-16-20-41(40-45)61-54-36-13-10-29-47(54)50-33-19-38-56(59(50)61)62-55-37-14-11-28-46(55)49-31-17-32-51(58(49)62)53-35-18-34-52-48-30-12-15-39-57(48)63-60(52)53/h1-40H. The minimum atomic E-state index is -2.83. The average molecular weight is 833 g/mol. The molecule has 3 heterocycles. The molecule has 0 aliphatic carbocycles. The van der Waals surface area contributed by atoms with E-state index in [1.54, 1.807) is 0 Å². The van der Waals surface area contributed by atoms with Crippen LogP contribution in [0.1, 0.15) is 0 Å². The van der Waals surface area contributed by atoms with Gasteiger partial charge < -0.3 is 13.6 Å². The van der Waals surface area contributed by atoms with Gasteiger partial charge in [0.2, 0.25) is 0 Å². The lowest BCUT2D eigenvalue weighted by Crippen LogP contribution is -2.74. The highest BCUT2D eigenvalue weighted by molar-refractivity contribution is 7.19. The van der Waals surface area contributed by atoms with E-state index in [2.05, 4.69) is 246 Å². The van der Waals surface area contributed by atoms with Gasteiger partial charge in [-0.05, 0) is 57.1 Å². The molecule has 0 unspecified atom stereocenters. The van der Waals surface area contributed by atoms with E-state index in [9.17, 15) is 0 Å². The quantitative estimate of drug-likeness (QED) is 0.116. The van der Waals surface area contributed by atoms with Gasteiger partial charge in [-0.25, -0.2) is 0 Å². The lowest BCUT2D eigenvalue weighted by molar-refractivity contribution is 0.670. The molecule has 64 heavy (non-hydrogen) atoms. The van der Waals surface area contributed by atoms with E-state index in [0.29, 0.717) is 0 Å².